The summed E-state index contributed by atoms with van der Waals surface area (Å²) in [4.78, 5) is 65.3. The fourth-order valence-corrected chi connectivity index (χ4v) is 12.3. The van der Waals surface area contributed by atoms with Crippen molar-refractivity contribution in [1.29, 1.82) is 0 Å². The Labute approximate surface area is 387 Å². The van der Waals surface area contributed by atoms with Crippen LogP contribution in [0.2, 0.25) is 0 Å². The van der Waals surface area contributed by atoms with Crippen molar-refractivity contribution >= 4 is 107 Å². The van der Waals surface area contributed by atoms with Gasteiger partial charge in [-0.2, -0.15) is 0 Å². The molecule has 0 fully saturated rings. The van der Waals surface area contributed by atoms with Crippen LogP contribution in [-0.2, 0) is 0 Å². The van der Waals surface area contributed by atoms with E-state index in [9.17, 15) is 0 Å². The number of para-hydroxylation sites is 2. The van der Waals surface area contributed by atoms with Crippen molar-refractivity contribution in [2.45, 2.75) is 79.1 Å². The van der Waals surface area contributed by atoms with Crippen LogP contribution in [0.25, 0.3) is 59.1 Å². The lowest BCUT2D eigenvalue weighted by Crippen LogP contribution is -2.42. The molecule has 8 heteroatoms. The highest BCUT2D eigenvalue weighted by molar-refractivity contribution is 8.02. The van der Waals surface area contributed by atoms with E-state index in [4.69, 9.17) is 0 Å². The Bertz CT molecular complexity index is 3430. The summed E-state index contributed by atoms with van der Waals surface area (Å²) in [6.45, 7) is 16.8. The van der Waals surface area contributed by atoms with E-state index in [1.807, 2.05) is 90.3 Å². The molecule has 3 aliphatic rings. The average Bonchev–Trinajstić information content (AvgIpc) is 3.84. The van der Waals surface area contributed by atoms with Gasteiger partial charge in [0, 0.05) is 49.2 Å². The number of thioether (sulfide) groups is 1. The second-order valence-corrected chi connectivity index (χ2v) is 20.7. The zero-order valence-electron chi connectivity index (χ0n) is 37.8. The summed E-state index contributed by atoms with van der Waals surface area (Å²) in [5.74, 6) is -0.421. The van der Waals surface area contributed by atoms with Crippen LogP contribution >= 0.6 is 23.1 Å². The minimum absolute atomic E-state index is 0.0647. The van der Waals surface area contributed by atoms with E-state index in [1.165, 1.54) is 9.80 Å². The third-order valence-electron chi connectivity index (χ3n) is 13.8. The number of rotatable bonds is 8. The molecule has 0 saturated carbocycles. The summed E-state index contributed by atoms with van der Waals surface area (Å²) >= 11 is 3.29. The summed E-state index contributed by atoms with van der Waals surface area (Å²) in [6.07, 6.45) is 4.16. The van der Waals surface area contributed by atoms with E-state index >= 15 is 19.2 Å². The number of anilines is 2. The number of carbonyl (C=O) groups is 4. The predicted molar refractivity (Wildman–Crippen MR) is 272 cm³/mol. The Kier molecular flexibility index (Phi) is 9.62. The third-order valence-corrected chi connectivity index (χ3v) is 15.5. The van der Waals surface area contributed by atoms with Crippen LogP contribution in [0.5, 0.6) is 0 Å². The number of thiophene rings is 1. The topological polar surface area (TPSA) is 74.8 Å². The molecule has 4 heterocycles. The molecule has 0 saturated heterocycles. The van der Waals surface area contributed by atoms with Gasteiger partial charge >= 0.3 is 0 Å². The second kappa shape index (κ2) is 15.1. The van der Waals surface area contributed by atoms with Crippen LogP contribution in [0.1, 0.15) is 148 Å². The highest BCUT2D eigenvalue weighted by Crippen LogP contribution is 2.53. The van der Waals surface area contributed by atoms with E-state index in [-0.39, 0.29) is 47.3 Å². The quantitative estimate of drug-likeness (QED) is 0.0863. The summed E-state index contributed by atoms with van der Waals surface area (Å²) in [5, 5.41) is 10.6. The van der Waals surface area contributed by atoms with Gasteiger partial charge < -0.3 is 0 Å². The molecule has 4 amide bonds. The molecule has 0 radical (unpaired) electrons. The zero-order valence-corrected chi connectivity index (χ0v) is 39.4. The van der Waals surface area contributed by atoms with Crippen molar-refractivity contribution in [2.75, 3.05) is 15.6 Å². The fourth-order valence-electron chi connectivity index (χ4n) is 10.9. The molecule has 322 valence electrons. The van der Waals surface area contributed by atoms with Crippen LogP contribution in [-0.4, -0.2) is 29.4 Å². The molecule has 0 N–H and O–H groups in total. The molecule has 1 aromatic heterocycles. The maximum Gasteiger partial charge on any atom is 0.266 e. The lowest BCUT2D eigenvalue weighted by atomic mass is 9.78. The van der Waals surface area contributed by atoms with Gasteiger partial charge in [0.1, 0.15) is 0 Å². The van der Waals surface area contributed by atoms with Crippen LogP contribution in [0.15, 0.2) is 108 Å². The van der Waals surface area contributed by atoms with Gasteiger partial charge in [-0.15, -0.1) is 23.1 Å². The van der Waals surface area contributed by atoms with Crippen molar-refractivity contribution in [1.82, 2.24) is 0 Å². The maximum atomic E-state index is 15.5. The van der Waals surface area contributed by atoms with Crippen molar-refractivity contribution in [3.05, 3.63) is 158 Å². The molecule has 0 aliphatic carbocycles. The Hall–Kier alpha value is -6.35. The van der Waals surface area contributed by atoms with E-state index in [0.29, 0.717) is 50.2 Å². The summed E-state index contributed by atoms with van der Waals surface area (Å²) in [7, 11) is 0. The number of hydrogen-bond donors (Lipinski definition) is 0. The average molecular weight is 889 g/mol. The molecule has 11 rings (SSSR count). The first-order chi connectivity index (χ1) is 31.3. The monoisotopic (exact) mass is 888 g/mol. The van der Waals surface area contributed by atoms with Gasteiger partial charge in [0.15, 0.2) is 0 Å². The third kappa shape index (κ3) is 5.85. The largest absolute Gasteiger partial charge is 0.268 e. The normalized spacial score (nSPS) is 15.3. The Balaban J connectivity index is 1.28. The molecule has 0 atom stereocenters. The summed E-state index contributed by atoms with van der Waals surface area (Å²) in [6, 6.07) is 28.1. The van der Waals surface area contributed by atoms with Gasteiger partial charge in [-0.25, -0.2) is 9.80 Å². The van der Waals surface area contributed by atoms with Crippen molar-refractivity contribution < 1.29 is 19.2 Å². The number of fused-ring (bicyclic) bond motifs is 2. The lowest BCUT2D eigenvalue weighted by molar-refractivity contribution is 0.0877. The van der Waals surface area contributed by atoms with Gasteiger partial charge in [0.05, 0.1) is 11.4 Å². The fraction of sp³-hybridized carbons (Fsp3) is 0.228. The number of hydrogen-bond acceptors (Lipinski definition) is 6. The van der Waals surface area contributed by atoms with Gasteiger partial charge in [0.25, 0.3) is 23.6 Å². The first-order valence-electron chi connectivity index (χ1n) is 22.6. The number of benzene rings is 7. The highest BCUT2D eigenvalue weighted by atomic mass is 32.2. The summed E-state index contributed by atoms with van der Waals surface area (Å²) < 4.78 is 0. The first-order valence-corrected chi connectivity index (χ1v) is 24.6. The van der Waals surface area contributed by atoms with E-state index in [2.05, 4.69) is 72.9 Å². The Morgan fingerprint density at radius 3 is 1.32 bits per heavy atom. The minimum Gasteiger partial charge on any atom is -0.268 e. The molecule has 0 bridgehead atoms. The van der Waals surface area contributed by atoms with E-state index < -0.39 is 0 Å². The minimum atomic E-state index is -0.342. The Morgan fingerprint density at radius 1 is 0.462 bits per heavy atom. The molecule has 3 aliphatic heterocycles. The van der Waals surface area contributed by atoms with Crippen molar-refractivity contribution in [3.8, 4) is 10.4 Å². The van der Waals surface area contributed by atoms with Crippen molar-refractivity contribution in [3.63, 3.8) is 0 Å². The van der Waals surface area contributed by atoms with Crippen LogP contribution < -0.4 is 9.80 Å². The van der Waals surface area contributed by atoms with Crippen molar-refractivity contribution in [2.24, 2.45) is 0 Å². The van der Waals surface area contributed by atoms with Gasteiger partial charge in [0.2, 0.25) is 0 Å². The zero-order chi connectivity index (χ0) is 45.3. The first kappa shape index (κ1) is 41.4. The molecule has 6 nitrogen and oxygen atoms in total. The SMILES string of the molecule is CC(C)c1cccc(C(C)C)c1N1C(=O)c2ccc3c4c(-c5cccs5)cc5c6c(ccc(c7c(C8=CC=CSC8)cc(c2c37)C1=O)c64)C(=O)N(c1c(C(C)C)cccc1C(C)C)C5=O. The van der Waals surface area contributed by atoms with E-state index in [0.717, 1.165) is 76.1 Å². The number of imide groups is 2. The molecular formula is C57H48N2O4S2. The standard InChI is InChI=1S/C57H48N2O4S2/c1-28(2)33-14-9-15-34(29(3)4)52(33)58-54(60)39-22-20-38-47-42(45-18-12-24-65-45)26-44-49-40(55(61)59(57(44)63)53-35(30(5)6)16-10-17-36(53)31(7)8)21-19-37(51(47)49)46-41(32-13-11-23-64-27-32)25-43(56(58)62)48(39)50(38)46/h9-26,28-31H,27H2,1-8H3. The smallest absolute Gasteiger partial charge is 0.266 e. The van der Waals surface area contributed by atoms with Gasteiger partial charge in [-0.1, -0.05) is 122 Å². The van der Waals surface area contributed by atoms with Crippen LogP contribution in [0.3, 0.4) is 0 Å². The number of nitrogens with zero attached hydrogens (tertiary/aromatic N) is 2. The maximum absolute atomic E-state index is 15.5. The lowest BCUT2D eigenvalue weighted by Gasteiger charge is -2.34. The molecule has 65 heavy (non-hydrogen) atoms. The van der Waals surface area contributed by atoms with Gasteiger partial charge in [-0.05, 0) is 130 Å². The second-order valence-electron chi connectivity index (χ2n) is 18.9. The van der Waals surface area contributed by atoms with Gasteiger partial charge in [-0.3, -0.25) is 19.2 Å². The summed E-state index contributed by atoms with van der Waals surface area (Å²) in [5.41, 5.74) is 9.89. The Morgan fingerprint density at radius 2 is 0.908 bits per heavy atom. The van der Waals surface area contributed by atoms with E-state index in [1.54, 1.807) is 23.1 Å². The molecular weight excluding hydrogens is 841 g/mol. The number of amides is 4. The molecule has 8 aromatic rings. The molecule has 7 aromatic carbocycles. The number of allylic oxidation sites excluding steroid dienone is 2. The molecule has 0 spiro atoms. The predicted octanol–water partition coefficient (Wildman–Crippen LogP) is 15.2. The highest BCUT2D eigenvalue weighted by Gasteiger charge is 2.42. The van der Waals surface area contributed by atoms with Crippen LogP contribution in [0, 0.1) is 0 Å². The number of carbonyl (C=O) groups excluding carboxylic acids is 4. The molecule has 0 unspecified atom stereocenters. The van der Waals surface area contributed by atoms with Crippen LogP contribution in [0.4, 0.5) is 11.4 Å².